The third-order valence-electron chi connectivity index (χ3n) is 4.37. The Bertz CT molecular complexity index is 1350. The highest BCUT2D eigenvalue weighted by atomic mass is 16.4. The van der Waals surface area contributed by atoms with E-state index in [1.54, 1.807) is 12.1 Å². The first-order chi connectivity index (χ1) is 15.4. The number of aromatic hydroxyl groups is 1. The first-order valence-electron chi connectivity index (χ1n) is 9.21. The van der Waals surface area contributed by atoms with Gasteiger partial charge in [-0.1, -0.05) is 35.4 Å². The van der Waals surface area contributed by atoms with Gasteiger partial charge in [-0.3, -0.25) is 9.59 Å². The Labute approximate surface area is 179 Å². The second-order valence-electron chi connectivity index (χ2n) is 6.52. The van der Waals surface area contributed by atoms with E-state index < -0.39 is 29.0 Å². The van der Waals surface area contributed by atoms with E-state index in [1.165, 1.54) is 24.3 Å². The van der Waals surface area contributed by atoms with Gasteiger partial charge in [0.2, 0.25) is 5.88 Å². The van der Waals surface area contributed by atoms with Crippen LogP contribution in [0.1, 0.15) is 26.4 Å². The molecule has 4 rings (SSSR count). The fourth-order valence-corrected chi connectivity index (χ4v) is 2.79. The minimum atomic E-state index is -1.08. The number of carbonyl (C=O) groups excluding carboxylic acids is 1. The van der Waals surface area contributed by atoms with Crippen LogP contribution in [0.5, 0.6) is 5.88 Å². The first-order valence-corrected chi connectivity index (χ1v) is 9.21. The lowest BCUT2D eigenvalue weighted by atomic mass is 10.2. The molecule has 0 saturated carbocycles. The molecule has 0 saturated heterocycles. The molecule has 160 valence electrons. The Balaban J connectivity index is 1.61. The number of hydrogen-bond acceptors (Lipinski definition) is 8. The normalized spacial score (nSPS) is 10.6. The summed E-state index contributed by atoms with van der Waals surface area (Å²) in [6, 6.07) is 14.7. The van der Waals surface area contributed by atoms with Crippen LogP contribution in [-0.2, 0) is 6.54 Å². The quantitative estimate of drug-likeness (QED) is 0.393. The Morgan fingerprint density at radius 2 is 1.75 bits per heavy atom. The molecule has 0 spiro atoms. The largest absolute Gasteiger partial charge is 0.492 e. The molecule has 12 nitrogen and oxygen atoms in total. The van der Waals surface area contributed by atoms with Gasteiger partial charge in [0.15, 0.2) is 5.69 Å². The number of aromatic carboxylic acids is 1. The molecule has 0 radical (unpaired) electrons. The van der Waals surface area contributed by atoms with Crippen molar-refractivity contribution >= 4 is 11.9 Å². The second kappa shape index (κ2) is 8.47. The molecule has 3 N–H and O–H groups in total. The van der Waals surface area contributed by atoms with Gasteiger partial charge in [-0.25, -0.2) is 14.3 Å². The highest BCUT2D eigenvalue weighted by Gasteiger charge is 2.19. The molecule has 2 aromatic carbocycles. The van der Waals surface area contributed by atoms with E-state index >= 15 is 0 Å². The van der Waals surface area contributed by atoms with Crippen LogP contribution in [-0.4, -0.2) is 51.8 Å². The van der Waals surface area contributed by atoms with Crippen LogP contribution in [0.2, 0.25) is 0 Å². The molecule has 0 unspecified atom stereocenters. The summed E-state index contributed by atoms with van der Waals surface area (Å²) in [5.41, 5.74) is -0.103. The fraction of sp³-hybridized carbons (Fsp3) is 0.0500. The van der Waals surface area contributed by atoms with Crippen LogP contribution < -0.4 is 10.9 Å². The van der Waals surface area contributed by atoms with Crippen LogP contribution in [0.3, 0.4) is 0 Å². The molecule has 0 atom stereocenters. The summed E-state index contributed by atoms with van der Waals surface area (Å²) in [5.74, 6) is -2.66. The summed E-state index contributed by atoms with van der Waals surface area (Å²) >= 11 is 0. The predicted octanol–water partition coefficient (Wildman–Crippen LogP) is 0.542. The van der Waals surface area contributed by atoms with Gasteiger partial charge in [-0.2, -0.15) is 0 Å². The standard InChI is InChI=1S/C20H15N7O5/c28-15-11-26(18(30)16(22-15)17(29)21-10-12-4-2-1-3-5-12)20-23-25-27(24-20)14-8-6-13(7-9-14)19(31)32/h1-9,11,28H,10H2,(H,21,29)(H,31,32). The van der Waals surface area contributed by atoms with Gasteiger partial charge in [0.1, 0.15) is 0 Å². The van der Waals surface area contributed by atoms with E-state index in [9.17, 15) is 19.5 Å². The number of tetrazole rings is 1. The summed E-state index contributed by atoms with van der Waals surface area (Å²) in [5, 5.41) is 33.1. The van der Waals surface area contributed by atoms with Crippen molar-refractivity contribution in [2.45, 2.75) is 6.54 Å². The van der Waals surface area contributed by atoms with Gasteiger partial charge in [-0.05, 0) is 35.0 Å². The molecule has 1 amide bonds. The third-order valence-corrected chi connectivity index (χ3v) is 4.37. The average molecular weight is 433 g/mol. The average Bonchev–Trinajstić information content (AvgIpc) is 3.29. The highest BCUT2D eigenvalue weighted by molar-refractivity contribution is 5.92. The zero-order chi connectivity index (χ0) is 22.7. The summed E-state index contributed by atoms with van der Waals surface area (Å²) in [6.07, 6.45) is 0.963. The Morgan fingerprint density at radius 1 is 1.03 bits per heavy atom. The number of carbonyl (C=O) groups is 2. The molecule has 4 aromatic rings. The van der Waals surface area contributed by atoms with Crippen molar-refractivity contribution < 1.29 is 19.8 Å². The molecule has 0 aliphatic rings. The van der Waals surface area contributed by atoms with Gasteiger partial charge >= 0.3 is 5.97 Å². The third kappa shape index (κ3) is 4.18. The minimum absolute atomic E-state index is 0.0792. The number of rotatable bonds is 6. The Hall–Kier alpha value is -4.87. The Kier molecular flexibility index (Phi) is 5.40. The van der Waals surface area contributed by atoms with Gasteiger partial charge < -0.3 is 15.5 Å². The smallest absolute Gasteiger partial charge is 0.335 e. The number of amides is 1. The predicted molar refractivity (Wildman–Crippen MR) is 109 cm³/mol. The lowest BCUT2D eigenvalue weighted by Gasteiger charge is -2.07. The zero-order valence-corrected chi connectivity index (χ0v) is 16.3. The first kappa shape index (κ1) is 20.4. The van der Waals surface area contributed by atoms with Crippen molar-refractivity contribution in [1.29, 1.82) is 0 Å². The van der Waals surface area contributed by atoms with Crippen molar-refractivity contribution in [2.24, 2.45) is 0 Å². The van der Waals surface area contributed by atoms with E-state index in [-0.39, 0.29) is 18.1 Å². The lowest BCUT2D eigenvalue weighted by molar-refractivity contribution is 0.0696. The SMILES string of the molecule is O=C(O)c1ccc(-n2nnc(-n3cc(O)nc(C(=O)NCc4ccccc4)c3=O)n2)cc1. The Morgan fingerprint density at radius 3 is 2.44 bits per heavy atom. The van der Waals surface area contributed by atoms with Crippen molar-refractivity contribution in [1.82, 2.24) is 35.1 Å². The molecule has 32 heavy (non-hydrogen) atoms. The zero-order valence-electron chi connectivity index (χ0n) is 16.3. The summed E-state index contributed by atoms with van der Waals surface area (Å²) < 4.78 is 0.842. The number of carboxylic acid groups (broad SMARTS) is 1. The van der Waals surface area contributed by atoms with Crippen molar-refractivity contribution in [3.8, 4) is 17.5 Å². The maximum Gasteiger partial charge on any atom is 0.335 e. The summed E-state index contributed by atoms with van der Waals surface area (Å²) in [6.45, 7) is 0.164. The lowest BCUT2D eigenvalue weighted by Crippen LogP contribution is -2.33. The van der Waals surface area contributed by atoms with Crippen LogP contribution in [0, 0.1) is 0 Å². The van der Waals surface area contributed by atoms with Crippen LogP contribution >= 0.6 is 0 Å². The van der Waals surface area contributed by atoms with E-state index in [0.29, 0.717) is 5.69 Å². The van der Waals surface area contributed by atoms with Crippen molar-refractivity contribution in [2.75, 3.05) is 0 Å². The molecule has 0 bridgehead atoms. The molecule has 12 heteroatoms. The van der Waals surface area contributed by atoms with Crippen LogP contribution in [0.15, 0.2) is 65.6 Å². The van der Waals surface area contributed by atoms with E-state index in [1.807, 2.05) is 18.2 Å². The molecule has 2 aromatic heterocycles. The van der Waals surface area contributed by atoms with E-state index in [0.717, 1.165) is 21.1 Å². The van der Waals surface area contributed by atoms with Crippen LogP contribution in [0.4, 0.5) is 0 Å². The fourth-order valence-electron chi connectivity index (χ4n) is 2.79. The molecule has 0 aliphatic carbocycles. The summed E-state index contributed by atoms with van der Waals surface area (Å²) in [4.78, 5) is 40.9. The van der Waals surface area contributed by atoms with E-state index in [2.05, 4.69) is 25.7 Å². The maximum atomic E-state index is 12.8. The highest BCUT2D eigenvalue weighted by Crippen LogP contribution is 2.10. The van der Waals surface area contributed by atoms with Gasteiger partial charge in [0, 0.05) is 6.54 Å². The summed E-state index contributed by atoms with van der Waals surface area (Å²) in [7, 11) is 0. The van der Waals surface area contributed by atoms with Crippen LogP contribution in [0.25, 0.3) is 11.6 Å². The second-order valence-corrected chi connectivity index (χ2v) is 6.52. The van der Waals surface area contributed by atoms with Crippen molar-refractivity contribution in [3.63, 3.8) is 0 Å². The number of hydrogen-bond donors (Lipinski definition) is 3. The minimum Gasteiger partial charge on any atom is -0.492 e. The molecular formula is C20H15N7O5. The molecular weight excluding hydrogens is 418 g/mol. The monoisotopic (exact) mass is 433 g/mol. The number of nitrogens with zero attached hydrogens (tertiary/aromatic N) is 6. The molecule has 0 aliphatic heterocycles. The number of aromatic nitrogens is 6. The van der Waals surface area contributed by atoms with E-state index in [4.69, 9.17) is 5.11 Å². The van der Waals surface area contributed by atoms with Gasteiger partial charge in [-0.15, -0.1) is 9.90 Å². The molecule has 0 fully saturated rings. The van der Waals surface area contributed by atoms with Gasteiger partial charge in [0.25, 0.3) is 17.4 Å². The maximum absolute atomic E-state index is 12.8. The molecule has 2 heterocycles. The van der Waals surface area contributed by atoms with Gasteiger partial charge in [0.05, 0.1) is 17.4 Å². The number of nitrogens with one attached hydrogen (secondary N) is 1. The number of benzene rings is 2. The topological polar surface area (TPSA) is 165 Å². The number of carboxylic acids is 1. The van der Waals surface area contributed by atoms with Crippen molar-refractivity contribution in [3.05, 3.63) is 88.0 Å².